The second-order valence-electron chi connectivity index (χ2n) is 3.51. The molecule has 0 aromatic carbocycles. The molecule has 0 fully saturated rings. The lowest BCUT2D eigenvalue weighted by molar-refractivity contribution is 0.734. The molecule has 2 N–H and O–H groups in total. The summed E-state index contributed by atoms with van der Waals surface area (Å²) in [6.07, 6.45) is 0. The Morgan fingerprint density at radius 2 is 2.11 bits per heavy atom. The lowest BCUT2D eigenvalue weighted by atomic mass is 10.4. The molecule has 0 saturated heterocycles. The zero-order chi connectivity index (χ0) is 13.1. The van der Waals surface area contributed by atoms with E-state index in [1.165, 1.54) is 11.8 Å². The number of thioether (sulfide) groups is 1. The van der Waals surface area contributed by atoms with Crippen molar-refractivity contribution in [3.8, 4) is 0 Å². The van der Waals surface area contributed by atoms with Crippen LogP contribution in [0.4, 0.5) is 0 Å². The van der Waals surface area contributed by atoms with Crippen molar-refractivity contribution < 1.29 is 0 Å². The Labute approximate surface area is 119 Å². The Morgan fingerprint density at radius 3 is 2.78 bits per heavy atom. The summed E-state index contributed by atoms with van der Waals surface area (Å²) in [5.74, 6) is 1.32. The minimum atomic E-state index is 0.361. The van der Waals surface area contributed by atoms with E-state index >= 15 is 0 Å². The number of nitrogens with zero attached hydrogens (tertiary/aromatic N) is 4. The van der Waals surface area contributed by atoms with E-state index in [1.54, 1.807) is 12.1 Å². The molecule has 0 bridgehead atoms. The summed E-state index contributed by atoms with van der Waals surface area (Å²) in [5, 5.41) is 9.81. The SMILES string of the molecule is Cn1c(CN)nnc1SCc1nc(Cl)ccc1Cl. The zero-order valence-corrected chi connectivity index (χ0v) is 11.9. The lowest BCUT2D eigenvalue weighted by Gasteiger charge is -2.04. The van der Waals surface area contributed by atoms with Crippen molar-refractivity contribution in [1.82, 2.24) is 19.7 Å². The predicted octanol–water partition coefficient (Wildman–Crippen LogP) is 2.27. The molecule has 5 nitrogen and oxygen atoms in total. The van der Waals surface area contributed by atoms with Crippen LogP contribution >= 0.6 is 35.0 Å². The quantitative estimate of drug-likeness (QED) is 0.693. The molecule has 2 aromatic heterocycles. The fourth-order valence-electron chi connectivity index (χ4n) is 1.34. The maximum atomic E-state index is 6.04. The van der Waals surface area contributed by atoms with E-state index in [4.69, 9.17) is 28.9 Å². The third-order valence-electron chi connectivity index (χ3n) is 2.33. The van der Waals surface area contributed by atoms with Crippen LogP contribution in [0, 0.1) is 0 Å². The summed E-state index contributed by atoms with van der Waals surface area (Å²) in [6.45, 7) is 0.361. The van der Waals surface area contributed by atoms with Gasteiger partial charge >= 0.3 is 0 Å². The molecule has 0 aliphatic rings. The van der Waals surface area contributed by atoms with Crippen molar-refractivity contribution in [3.05, 3.63) is 33.8 Å². The molecule has 0 saturated carbocycles. The Hall–Kier alpha value is -0.820. The highest BCUT2D eigenvalue weighted by Crippen LogP contribution is 2.25. The summed E-state index contributed by atoms with van der Waals surface area (Å²) in [6, 6.07) is 3.39. The number of nitrogens with two attached hydrogens (primary N) is 1. The van der Waals surface area contributed by atoms with Crippen molar-refractivity contribution in [3.63, 3.8) is 0 Å². The molecular formula is C10H11Cl2N5S. The van der Waals surface area contributed by atoms with Gasteiger partial charge in [-0.15, -0.1) is 10.2 Å². The molecule has 2 aromatic rings. The predicted molar refractivity (Wildman–Crippen MR) is 72.7 cm³/mol. The zero-order valence-electron chi connectivity index (χ0n) is 9.60. The van der Waals surface area contributed by atoms with E-state index < -0.39 is 0 Å². The van der Waals surface area contributed by atoms with Crippen LogP contribution in [-0.4, -0.2) is 19.7 Å². The number of aromatic nitrogens is 4. The number of halogens is 2. The summed E-state index contributed by atoms with van der Waals surface area (Å²) in [5.41, 5.74) is 6.26. The fraction of sp³-hybridized carbons (Fsp3) is 0.300. The van der Waals surface area contributed by atoms with Gasteiger partial charge < -0.3 is 10.3 Å². The Morgan fingerprint density at radius 1 is 1.33 bits per heavy atom. The van der Waals surface area contributed by atoms with Crippen LogP contribution in [0.3, 0.4) is 0 Å². The molecule has 0 radical (unpaired) electrons. The molecule has 2 heterocycles. The summed E-state index contributed by atoms with van der Waals surface area (Å²) in [4.78, 5) is 4.17. The molecule has 8 heteroatoms. The summed E-state index contributed by atoms with van der Waals surface area (Å²) in [7, 11) is 1.87. The summed E-state index contributed by atoms with van der Waals surface area (Å²) >= 11 is 13.4. The average Bonchev–Trinajstić information content (AvgIpc) is 2.71. The largest absolute Gasteiger partial charge is 0.324 e. The van der Waals surface area contributed by atoms with Gasteiger partial charge in [-0.05, 0) is 12.1 Å². The Kier molecular flexibility index (Phi) is 4.45. The summed E-state index contributed by atoms with van der Waals surface area (Å²) < 4.78 is 1.85. The average molecular weight is 304 g/mol. The van der Waals surface area contributed by atoms with Crippen molar-refractivity contribution in [2.24, 2.45) is 12.8 Å². The fourth-order valence-corrected chi connectivity index (χ4v) is 2.64. The van der Waals surface area contributed by atoms with E-state index in [9.17, 15) is 0 Å². The van der Waals surface area contributed by atoms with Gasteiger partial charge in [0.05, 0.1) is 17.3 Å². The monoisotopic (exact) mass is 303 g/mol. The molecule has 96 valence electrons. The van der Waals surface area contributed by atoms with Gasteiger partial charge in [0.25, 0.3) is 0 Å². The van der Waals surface area contributed by atoms with Gasteiger partial charge in [-0.1, -0.05) is 35.0 Å². The molecule has 0 aliphatic carbocycles. The van der Waals surface area contributed by atoms with Gasteiger partial charge in [-0.2, -0.15) is 0 Å². The number of pyridine rings is 1. The maximum Gasteiger partial charge on any atom is 0.191 e. The van der Waals surface area contributed by atoms with Crippen LogP contribution in [0.15, 0.2) is 17.3 Å². The minimum absolute atomic E-state index is 0.361. The third kappa shape index (κ3) is 2.95. The molecule has 0 amide bonds. The van der Waals surface area contributed by atoms with E-state index in [1.807, 2.05) is 11.6 Å². The van der Waals surface area contributed by atoms with Crippen molar-refractivity contribution >= 4 is 35.0 Å². The van der Waals surface area contributed by atoms with Gasteiger partial charge in [0, 0.05) is 12.8 Å². The molecule has 0 spiro atoms. The van der Waals surface area contributed by atoms with Gasteiger partial charge in [-0.3, -0.25) is 0 Å². The van der Waals surface area contributed by atoms with E-state index in [0.717, 1.165) is 16.7 Å². The first-order valence-corrected chi connectivity index (χ1v) is 6.88. The minimum Gasteiger partial charge on any atom is -0.324 e. The highest BCUT2D eigenvalue weighted by molar-refractivity contribution is 7.98. The number of rotatable bonds is 4. The van der Waals surface area contributed by atoms with Crippen molar-refractivity contribution in [2.75, 3.05) is 0 Å². The smallest absolute Gasteiger partial charge is 0.191 e. The second kappa shape index (κ2) is 5.88. The topological polar surface area (TPSA) is 69.6 Å². The van der Waals surface area contributed by atoms with Crippen LogP contribution < -0.4 is 5.73 Å². The van der Waals surface area contributed by atoms with Crippen molar-refractivity contribution in [1.29, 1.82) is 0 Å². The van der Waals surface area contributed by atoms with Crippen LogP contribution in [0.25, 0.3) is 0 Å². The first kappa shape index (κ1) is 13.6. The van der Waals surface area contributed by atoms with E-state index in [2.05, 4.69) is 15.2 Å². The second-order valence-corrected chi connectivity index (χ2v) is 5.25. The van der Waals surface area contributed by atoms with E-state index in [-0.39, 0.29) is 0 Å². The molecule has 0 aliphatic heterocycles. The van der Waals surface area contributed by atoms with Crippen LogP contribution in [0.2, 0.25) is 10.2 Å². The first-order valence-electron chi connectivity index (χ1n) is 5.14. The van der Waals surface area contributed by atoms with Gasteiger partial charge in [0.15, 0.2) is 5.16 Å². The first-order chi connectivity index (χ1) is 8.61. The van der Waals surface area contributed by atoms with Crippen LogP contribution in [0.5, 0.6) is 0 Å². The third-order valence-corrected chi connectivity index (χ3v) is 3.92. The molecule has 0 unspecified atom stereocenters. The maximum absolute atomic E-state index is 6.04. The number of hydrogen-bond acceptors (Lipinski definition) is 5. The Balaban J connectivity index is 2.11. The van der Waals surface area contributed by atoms with Gasteiger partial charge in [0.1, 0.15) is 11.0 Å². The van der Waals surface area contributed by atoms with Gasteiger partial charge in [0.2, 0.25) is 0 Å². The normalized spacial score (nSPS) is 10.9. The van der Waals surface area contributed by atoms with Crippen LogP contribution in [-0.2, 0) is 19.3 Å². The standard InChI is InChI=1S/C10H11Cl2N5S/c1-17-9(4-13)15-16-10(17)18-5-7-6(11)2-3-8(12)14-7/h2-3H,4-5,13H2,1H3. The van der Waals surface area contributed by atoms with Crippen molar-refractivity contribution in [2.45, 2.75) is 17.5 Å². The Bertz CT molecular complexity index is 557. The lowest BCUT2D eigenvalue weighted by Crippen LogP contribution is -2.05. The molecule has 2 rings (SSSR count). The highest BCUT2D eigenvalue weighted by atomic mass is 35.5. The van der Waals surface area contributed by atoms with Crippen LogP contribution in [0.1, 0.15) is 11.5 Å². The van der Waals surface area contributed by atoms with E-state index in [0.29, 0.717) is 22.5 Å². The molecule has 18 heavy (non-hydrogen) atoms. The number of hydrogen-bond donors (Lipinski definition) is 1. The molecular weight excluding hydrogens is 293 g/mol. The van der Waals surface area contributed by atoms with Gasteiger partial charge in [-0.25, -0.2) is 4.98 Å². The molecule has 0 atom stereocenters. The highest BCUT2D eigenvalue weighted by Gasteiger charge is 2.10.